The standard InChI is InChI=1S/C27H30N4O8/c1-2-37-27-18(7-5-13-32)20(21-16-38-22-8-4-3-6-19(22)25(21)33)14-23(39-27)26(34)29-12-11-28-24-10-9-17(15-30-24)31(35)36/h3-4,6,8-10,14-16,18,20,27,32H,2,5,7,11-13H2,1H3,(H,28,30)(H,29,34)/t18-,20-,27+/m1/s1. The second-order valence-corrected chi connectivity index (χ2v) is 8.89. The maximum absolute atomic E-state index is 13.4. The number of pyridine rings is 1. The summed E-state index contributed by atoms with van der Waals surface area (Å²) in [7, 11) is 0. The van der Waals surface area contributed by atoms with Crippen molar-refractivity contribution < 1.29 is 28.7 Å². The van der Waals surface area contributed by atoms with Crippen LogP contribution in [-0.4, -0.2) is 53.5 Å². The quantitative estimate of drug-likeness (QED) is 0.177. The lowest BCUT2D eigenvalue weighted by molar-refractivity contribution is -0.385. The zero-order valence-corrected chi connectivity index (χ0v) is 21.4. The van der Waals surface area contributed by atoms with E-state index in [4.69, 9.17) is 13.9 Å². The van der Waals surface area contributed by atoms with E-state index in [9.17, 15) is 24.8 Å². The molecule has 0 fully saturated rings. The van der Waals surface area contributed by atoms with Crippen LogP contribution >= 0.6 is 0 Å². The number of nitro groups is 1. The number of hydrogen-bond acceptors (Lipinski definition) is 10. The number of hydrogen-bond donors (Lipinski definition) is 3. The Hall–Kier alpha value is -4.29. The van der Waals surface area contributed by atoms with E-state index in [1.165, 1.54) is 18.4 Å². The molecule has 3 N–H and O–H groups in total. The maximum atomic E-state index is 13.4. The number of aliphatic hydroxyl groups is 1. The molecule has 0 spiro atoms. The van der Waals surface area contributed by atoms with Crippen molar-refractivity contribution in [1.82, 2.24) is 10.3 Å². The van der Waals surface area contributed by atoms with Crippen molar-refractivity contribution in [2.45, 2.75) is 32.0 Å². The number of fused-ring (bicyclic) bond motifs is 1. The maximum Gasteiger partial charge on any atom is 0.287 e. The van der Waals surface area contributed by atoms with E-state index >= 15 is 0 Å². The number of benzene rings is 1. The fourth-order valence-electron chi connectivity index (χ4n) is 4.50. The van der Waals surface area contributed by atoms with E-state index < -0.39 is 23.0 Å². The van der Waals surface area contributed by atoms with Crippen molar-refractivity contribution in [3.05, 3.63) is 86.6 Å². The van der Waals surface area contributed by atoms with Crippen molar-refractivity contribution in [1.29, 1.82) is 0 Å². The van der Waals surface area contributed by atoms with Crippen LogP contribution in [0.2, 0.25) is 0 Å². The number of rotatable bonds is 12. The van der Waals surface area contributed by atoms with Gasteiger partial charge in [0, 0.05) is 49.8 Å². The van der Waals surface area contributed by atoms with Crippen LogP contribution in [0, 0.1) is 16.0 Å². The van der Waals surface area contributed by atoms with E-state index in [0.29, 0.717) is 48.3 Å². The highest BCUT2D eigenvalue weighted by molar-refractivity contribution is 5.91. The zero-order valence-electron chi connectivity index (χ0n) is 21.4. The molecule has 0 unspecified atom stereocenters. The van der Waals surface area contributed by atoms with Crippen LogP contribution in [0.3, 0.4) is 0 Å². The van der Waals surface area contributed by atoms with Gasteiger partial charge in [-0.3, -0.25) is 19.7 Å². The number of aliphatic hydroxyl groups excluding tert-OH is 1. The number of amides is 1. The molecule has 12 nitrogen and oxygen atoms in total. The fraction of sp³-hybridized carbons (Fsp3) is 0.370. The molecule has 3 atom stereocenters. The highest BCUT2D eigenvalue weighted by Gasteiger charge is 2.39. The average Bonchev–Trinajstić information content (AvgIpc) is 2.95. The first-order valence-corrected chi connectivity index (χ1v) is 12.7. The van der Waals surface area contributed by atoms with Gasteiger partial charge in [-0.2, -0.15) is 0 Å². The van der Waals surface area contributed by atoms with Gasteiger partial charge in [0.2, 0.25) is 6.29 Å². The Bertz CT molecular complexity index is 1390. The van der Waals surface area contributed by atoms with Gasteiger partial charge >= 0.3 is 0 Å². The van der Waals surface area contributed by atoms with Gasteiger partial charge in [0.25, 0.3) is 11.6 Å². The van der Waals surface area contributed by atoms with E-state index in [1.807, 2.05) is 6.92 Å². The molecule has 0 saturated heterocycles. The van der Waals surface area contributed by atoms with Crippen molar-refractivity contribution in [3.8, 4) is 0 Å². The summed E-state index contributed by atoms with van der Waals surface area (Å²) < 4.78 is 17.5. The summed E-state index contributed by atoms with van der Waals surface area (Å²) in [5.41, 5.74) is 0.513. The number of carbonyl (C=O) groups excluding carboxylic acids is 1. The molecule has 1 aromatic carbocycles. The van der Waals surface area contributed by atoms with Crippen LogP contribution in [0.15, 0.2) is 69.9 Å². The number of carbonyl (C=O) groups is 1. The Balaban J connectivity index is 1.53. The van der Waals surface area contributed by atoms with Gasteiger partial charge in [-0.05, 0) is 44.0 Å². The van der Waals surface area contributed by atoms with Crippen LogP contribution in [0.4, 0.5) is 11.5 Å². The van der Waals surface area contributed by atoms with Gasteiger partial charge in [0.1, 0.15) is 17.6 Å². The summed E-state index contributed by atoms with van der Waals surface area (Å²) >= 11 is 0. The molecule has 4 rings (SSSR count). The number of aromatic nitrogens is 1. The van der Waals surface area contributed by atoms with E-state index in [0.717, 1.165) is 6.20 Å². The Morgan fingerprint density at radius 1 is 1.23 bits per heavy atom. The van der Waals surface area contributed by atoms with Crippen LogP contribution in [0.5, 0.6) is 0 Å². The third-order valence-corrected chi connectivity index (χ3v) is 6.38. The number of anilines is 1. The van der Waals surface area contributed by atoms with Crippen LogP contribution in [0.25, 0.3) is 11.0 Å². The normalized spacial score (nSPS) is 18.7. The number of nitrogens with zero attached hydrogens (tertiary/aromatic N) is 2. The monoisotopic (exact) mass is 538 g/mol. The topological polar surface area (TPSA) is 166 Å². The minimum Gasteiger partial charge on any atom is -0.464 e. The van der Waals surface area contributed by atoms with Gasteiger partial charge in [-0.15, -0.1) is 0 Å². The Kier molecular flexibility index (Phi) is 9.23. The molecule has 12 heteroatoms. The molecule has 3 heterocycles. The lowest BCUT2D eigenvalue weighted by Gasteiger charge is -2.36. The number of ether oxygens (including phenoxy) is 2. The van der Waals surface area contributed by atoms with E-state index in [-0.39, 0.29) is 35.9 Å². The molecule has 0 bridgehead atoms. The predicted octanol–water partition coefficient (Wildman–Crippen LogP) is 3.07. The third-order valence-electron chi connectivity index (χ3n) is 6.38. The molecule has 3 aromatic rings. The largest absolute Gasteiger partial charge is 0.464 e. The lowest BCUT2D eigenvalue weighted by Crippen LogP contribution is -2.40. The highest BCUT2D eigenvalue weighted by atomic mass is 16.7. The molecule has 1 aliphatic rings. The van der Waals surface area contributed by atoms with Crippen molar-refractivity contribution in [2.75, 3.05) is 31.6 Å². The summed E-state index contributed by atoms with van der Waals surface area (Å²) in [6.45, 7) is 2.59. The smallest absolute Gasteiger partial charge is 0.287 e. The summed E-state index contributed by atoms with van der Waals surface area (Å²) in [5, 5.41) is 26.4. The molecular formula is C27H30N4O8. The number of allylic oxidation sites excluding steroid dienone is 1. The van der Waals surface area contributed by atoms with Gasteiger partial charge in [0.15, 0.2) is 11.2 Å². The molecular weight excluding hydrogens is 508 g/mol. The van der Waals surface area contributed by atoms with Crippen LogP contribution in [-0.2, 0) is 14.3 Å². The summed E-state index contributed by atoms with van der Waals surface area (Å²) in [5.74, 6) is -0.943. The van der Waals surface area contributed by atoms with Crippen molar-refractivity contribution in [3.63, 3.8) is 0 Å². The molecule has 0 aliphatic carbocycles. The van der Waals surface area contributed by atoms with E-state index in [1.54, 1.807) is 30.3 Å². The zero-order chi connectivity index (χ0) is 27.8. The molecule has 2 aromatic heterocycles. The van der Waals surface area contributed by atoms with Crippen molar-refractivity contribution in [2.24, 2.45) is 5.92 Å². The number of para-hydroxylation sites is 1. The minimum absolute atomic E-state index is 0.0136. The Morgan fingerprint density at radius 3 is 2.77 bits per heavy atom. The number of nitrogens with one attached hydrogen (secondary N) is 2. The second-order valence-electron chi connectivity index (χ2n) is 8.89. The fourth-order valence-corrected chi connectivity index (χ4v) is 4.50. The molecule has 206 valence electrons. The summed E-state index contributed by atoms with van der Waals surface area (Å²) in [6.07, 6.45) is 4.32. The summed E-state index contributed by atoms with van der Waals surface area (Å²) in [6, 6.07) is 9.76. The summed E-state index contributed by atoms with van der Waals surface area (Å²) in [4.78, 5) is 40.7. The van der Waals surface area contributed by atoms with Crippen LogP contribution in [0.1, 0.15) is 31.2 Å². The average molecular weight is 539 g/mol. The first-order valence-electron chi connectivity index (χ1n) is 12.7. The Labute approximate surface area is 223 Å². The third kappa shape index (κ3) is 6.59. The molecule has 0 radical (unpaired) electrons. The van der Waals surface area contributed by atoms with Gasteiger partial charge in [-0.25, -0.2) is 4.98 Å². The lowest BCUT2D eigenvalue weighted by atomic mass is 9.81. The molecule has 0 saturated carbocycles. The molecule has 1 amide bonds. The van der Waals surface area contributed by atoms with Crippen LogP contribution < -0.4 is 16.1 Å². The van der Waals surface area contributed by atoms with E-state index in [2.05, 4.69) is 15.6 Å². The van der Waals surface area contributed by atoms with Gasteiger partial charge in [0.05, 0.1) is 16.6 Å². The molecule has 1 aliphatic heterocycles. The first kappa shape index (κ1) is 27.7. The van der Waals surface area contributed by atoms with Gasteiger partial charge < -0.3 is 29.6 Å². The SMILES string of the molecule is CCO[C@H]1OC(C(=O)NCCNc2ccc([N+](=O)[O-])cn2)=C[C@@H](c2coc3ccccc3c2=O)[C@H]1CCCO. The van der Waals surface area contributed by atoms with Gasteiger partial charge in [-0.1, -0.05) is 12.1 Å². The van der Waals surface area contributed by atoms with Crippen molar-refractivity contribution >= 4 is 28.4 Å². The predicted molar refractivity (Wildman–Crippen MR) is 142 cm³/mol. The Morgan fingerprint density at radius 2 is 2.05 bits per heavy atom. The molecule has 39 heavy (non-hydrogen) atoms. The highest BCUT2D eigenvalue weighted by Crippen LogP contribution is 2.38. The first-order chi connectivity index (χ1) is 18.9. The second kappa shape index (κ2) is 13.0. The minimum atomic E-state index is -0.814.